The average molecular weight is 410 g/mol. The number of nitrogens with one attached hydrogen (secondary N) is 2. The molecular formula is C24H28FN3O2. The Kier molecular flexibility index (Phi) is 5.66. The van der Waals surface area contributed by atoms with Crippen LogP contribution in [0.4, 0.5) is 14.9 Å². The van der Waals surface area contributed by atoms with Gasteiger partial charge in [-0.25, -0.2) is 9.18 Å². The standard InChI is InChI=1S/C24H28FN3O2/c1-4-30-19-11-12-20-21(13-19)28(14-16-5-6-16)23(22(20)25)17-7-9-18(10-8-17)27-24(29)26-15(2)3/h7-13,15-16H,4-6,14H2,1-3H3,(H2,26,27,29). The largest absolute Gasteiger partial charge is 0.494 e. The molecule has 1 aliphatic carbocycles. The van der Waals surface area contributed by atoms with Crippen LogP contribution in [0.1, 0.15) is 33.6 Å². The van der Waals surface area contributed by atoms with Crippen molar-refractivity contribution in [3.8, 4) is 17.0 Å². The van der Waals surface area contributed by atoms with E-state index in [1.165, 1.54) is 12.8 Å². The van der Waals surface area contributed by atoms with Gasteiger partial charge in [-0.05, 0) is 63.8 Å². The van der Waals surface area contributed by atoms with Crippen LogP contribution in [-0.2, 0) is 6.54 Å². The Hall–Kier alpha value is -3.02. The maximum atomic E-state index is 15.5. The van der Waals surface area contributed by atoms with Crippen LogP contribution in [0.3, 0.4) is 0 Å². The number of carbonyl (C=O) groups excluding carboxylic acids is 1. The number of fused-ring (bicyclic) bond motifs is 1. The topological polar surface area (TPSA) is 55.3 Å². The number of carbonyl (C=O) groups is 1. The lowest BCUT2D eigenvalue weighted by atomic mass is 10.1. The molecule has 158 valence electrons. The number of hydrogen-bond donors (Lipinski definition) is 2. The molecule has 1 saturated carbocycles. The number of rotatable bonds is 7. The molecule has 2 N–H and O–H groups in total. The third kappa shape index (κ3) is 4.27. The van der Waals surface area contributed by atoms with E-state index in [9.17, 15) is 4.79 Å². The number of hydrogen-bond acceptors (Lipinski definition) is 2. The normalized spacial score (nSPS) is 13.6. The molecule has 6 heteroatoms. The van der Waals surface area contributed by atoms with Crippen LogP contribution in [0.5, 0.6) is 5.75 Å². The summed E-state index contributed by atoms with van der Waals surface area (Å²) in [4.78, 5) is 11.9. The molecule has 0 aliphatic heterocycles. The first-order chi connectivity index (χ1) is 14.5. The second-order valence-corrected chi connectivity index (χ2v) is 8.16. The zero-order valence-corrected chi connectivity index (χ0v) is 17.7. The minimum absolute atomic E-state index is 0.0538. The van der Waals surface area contributed by atoms with Crippen molar-refractivity contribution in [1.82, 2.24) is 9.88 Å². The van der Waals surface area contributed by atoms with Crippen LogP contribution in [0.15, 0.2) is 42.5 Å². The van der Waals surface area contributed by atoms with E-state index < -0.39 is 0 Å². The maximum absolute atomic E-state index is 15.5. The molecule has 0 saturated heterocycles. The predicted molar refractivity (Wildman–Crippen MR) is 119 cm³/mol. The van der Waals surface area contributed by atoms with Crippen molar-refractivity contribution < 1.29 is 13.9 Å². The van der Waals surface area contributed by atoms with E-state index in [0.717, 1.165) is 23.4 Å². The second kappa shape index (κ2) is 8.38. The quantitative estimate of drug-likeness (QED) is 0.519. The van der Waals surface area contributed by atoms with Crippen molar-refractivity contribution in [3.05, 3.63) is 48.3 Å². The first-order valence-corrected chi connectivity index (χ1v) is 10.6. The SMILES string of the molecule is CCOc1ccc2c(F)c(-c3ccc(NC(=O)NC(C)C)cc3)n(CC3CC3)c2c1. The highest BCUT2D eigenvalue weighted by atomic mass is 19.1. The molecule has 5 nitrogen and oxygen atoms in total. The Labute approximate surface area is 176 Å². The van der Waals surface area contributed by atoms with E-state index in [2.05, 4.69) is 15.2 Å². The van der Waals surface area contributed by atoms with Crippen LogP contribution >= 0.6 is 0 Å². The van der Waals surface area contributed by atoms with Crippen LogP contribution in [-0.4, -0.2) is 23.2 Å². The van der Waals surface area contributed by atoms with Crippen molar-refractivity contribution in [2.45, 2.75) is 46.2 Å². The van der Waals surface area contributed by atoms with Crippen LogP contribution in [0.25, 0.3) is 22.2 Å². The van der Waals surface area contributed by atoms with Gasteiger partial charge in [0.25, 0.3) is 0 Å². The first kappa shape index (κ1) is 20.3. The van der Waals surface area contributed by atoms with Gasteiger partial charge >= 0.3 is 6.03 Å². The summed E-state index contributed by atoms with van der Waals surface area (Å²) in [5.74, 6) is 1.13. The number of urea groups is 1. The molecule has 0 radical (unpaired) electrons. The fourth-order valence-electron chi connectivity index (χ4n) is 3.71. The van der Waals surface area contributed by atoms with Crippen LogP contribution < -0.4 is 15.4 Å². The number of halogens is 1. The summed E-state index contributed by atoms with van der Waals surface area (Å²) in [6.45, 7) is 7.11. The van der Waals surface area contributed by atoms with Gasteiger partial charge < -0.3 is 19.9 Å². The van der Waals surface area contributed by atoms with Crippen LogP contribution in [0, 0.1) is 11.7 Å². The first-order valence-electron chi connectivity index (χ1n) is 10.6. The molecule has 3 aromatic rings. The molecule has 1 heterocycles. The molecule has 4 rings (SSSR count). The average Bonchev–Trinajstić information content (AvgIpc) is 3.48. The molecular weight excluding hydrogens is 381 g/mol. The zero-order valence-electron chi connectivity index (χ0n) is 17.7. The minimum atomic E-state index is -0.254. The summed E-state index contributed by atoms with van der Waals surface area (Å²) in [6, 6.07) is 12.7. The molecule has 0 unspecified atom stereocenters. The monoisotopic (exact) mass is 409 g/mol. The van der Waals surface area contributed by atoms with Gasteiger partial charge in [0.1, 0.15) is 5.75 Å². The van der Waals surface area contributed by atoms with Crippen molar-refractivity contribution in [2.24, 2.45) is 5.92 Å². The summed E-state index contributed by atoms with van der Waals surface area (Å²) in [5, 5.41) is 6.20. The number of aromatic nitrogens is 1. The highest BCUT2D eigenvalue weighted by Crippen LogP contribution is 2.39. The third-order valence-corrected chi connectivity index (χ3v) is 5.26. The summed E-state index contributed by atoms with van der Waals surface area (Å²) in [6.07, 6.45) is 2.36. The zero-order chi connectivity index (χ0) is 21.3. The van der Waals surface area contributed by atoms with Gasteiger partial charge in [0.2, 0.25) is 0 Å². The lowest BCUT2D eigenvalue weighted by Crippen LogP contribution is -2.34. The smallest absolute Gasteiger partial charge is 0.319 e. The van der Waals surface area contributed by atoms with Gasteiger partial charge in [0.15, 0.2) is 5.82 Å². The van der Waals surface area contributed by atoms with E-state index in [0.29, 0.717) is 29.3 Å². The van der Waals surface area contributed by atoms with Gasteiger partial charge in [-0.3, -0.25) is 0 Å². The van der Waals surface area contributed by atoms with Crippen LogP contribution in [0.2, 0.25) is 0 Å². The molecule has 1 fully saturated rings. The lowest BCUT2D eigenvalue weighted by molar-refractivity contribution is 0.250. The lowest BCUT2D eigenvalue weighted by Gasteiger charge is -2.13. The van der Waals surface area contributed by atoms with Gasteiger partial charge in [0, 0.05) is 35.3 Å². The molecule has 0 bridgehead atoms. The summed E-state index contributed by atoms with van der Waals surface area (Å²) in [5.41, 5.74) is 2.90. The van der Waals surface area contributed by atoms with Crippen molar-refractivity contribution >= 4 is 22.6 Å². The number of anilines is 1. The van der Waals surface area contributed by atoms with Gasteiger partial charge in [0.05, 0.1) is 17.8 Å². The molecule has 0 atom stereocenters. The van der Waals surface area contributed by atoms with E-state index in [-0.39, 0.29) is 17.9 Å². The predicted octanol–water partition coefficient (Wildman–Crippen LogP) is 5.79. The Balaban J connectivity index is 1.70. The second-order valence-electron chi connectivity index (χ2n) is 8.16. The van der Waals surface area contributed by atoms with Crippen molar-refractivity contribution in [1.29, 1.82) is 0 Å². The van der Waals surface area contributed by atoms with E-state index in [1.807, 2.05) is 45.0 Å². The summed E-state index contributed by atoms with van der Waals surface area (Å²) in [7, 11) is 0. The van der Waals surface area contributed by atoms with E-state index >= 15 is 4.39 Å². The van der Waals surface area contributed by atoms with Gasteiger partial charge in [-0.2, -0.15) is 0 Å². The molecule has 2 aromatic carbocycles. The fourth-order valence-corrected chi connectivity index (χ4v) is 3.71. The Bertz CT molecular complexity index is 1050. The molecule has 30 heavy (non-hydrogen) atoms. The molecule has 1 aromatic heterocycles. The van der Waals surface area contributed by atoms with Crippen molar-refractivity contribution in [2.75, 3.05) is 11.9 Å². The Morgan fingerprint density at radius 1 is 1.20 bits per heavy atom. The molecule has 0 spiro atoms. The summed E-state index contributed by atoms with van der Waals surface area (Å²) < 4.78 is 23.2. The van der Waals surface area contributed by atoms with Crippen molar-refractivity contribution in [3.63, 3.8) is 0 Å². The molecule has 1 aliphatic rings. The number of nitrogens with zero attached hydrogens (tertiary/aromatic N) is 1. The third-order valence-electron chi connectivity index (χ3n) is 5.26. The maximum Gasteiger partial charge on any atom is 0.319 e. The number of amides is 2. The minimum Gasteiger partial charge on any atom is -0.494 e. The van der Waals surface area contributed by atoms with E-state index in [4.69, 9.17) is 4.74 Å². The Morgan fingerprint density at radius 3 is 2.57 bits per heavy atom. The number of benzene rings is 2. The Morgan fingerprint density at radius 2 is 1.93 bits per heavy atom. The number of ether oxygens (including phenoxy) is 1. The molecule has 2 amide bonds. The van der Waals surface area contributed by atoms with Gasteiger partial charge in [-0.15, -0.1) is 0 Å². The highest BCUT2D eigenvalue weighted by molar-refractivity contribution is 5.91. The van der Waals surface area contributed by atoms with E-state index in [1.54, 1.807) is 18.2 Å². The summed E-state index contributed by atoms with van der Waals surface area (Å²) >= 11 is 0. The van der Waals surface area contributed by atoms with Gasteiger partial charge in [-0.1, -0.05) is 12.1 Å². The highest BCUT2D eigenvalue weighted by Gasteiger charge is 2.26. The fraction of sp³-hybridized carbons (Fsp3) is 0.375.